The lowest BCUT2D eigenvalue weighted by Gasteiger charge is -2.22. The van der Waals surface area contributed by atoms with Crippen LogP contribution in [0.5, 0.6) is 0 Å². The summed E-state index contributed by atoms with van der Waals surface area (Å²) in [6.07, 6.45) is 2.12. The molecule has 0 amide bonds. The van der Waals surface area contributed by atoms with E-state index in [1.54, 1.807) is 13.8 Å². The van der Waals surface area contributed by atoms with Gasteiger partial charge in [0.25, 0.3) is 0 Å². The fourth-order valence-electron chi connectivity index (χ4n) is 2.71. The average Bonchev–Trinajstić information content (AvgIpc) is 2.90. The molecule has 1 aliphatic rings. The fourth-order valence-corrected chi connectivity index (χ4v) is 5.31. The number of thiazole rings is 1. The predicted molar refractivity (Wildman–Crippen MR) is 80.7 cm³/mol. The molecule has 1 aliphatic carbocycles. The summed E-state index contributed by atoms with van der Waals surface area (Å²) >= 11 is 1.44. The molecule has 2 heterocycles. The van der Waals surface area contributed by atoms with Crippen molar-refractivity contribution in [3.05, 3.63) is 22.0 Å². The molecular weight excluding hydrogens is 310 g/mol. The SMILES string of the molecule is Cc1n[nH]c(C)c1S(=O)(=O)NC1CCc2nc(N)sc2C1. The molecular formula is C12H17N5O2S2. The number of aromatic amines is 1. The standard InChI is InChI=1S/C12H17N5O2S2/c1-6-11(7(2)16-15-6)21(18,19)17-8-3-4-9-10(5-8)20-12(13)14-9/h8,17H,3-5H2,1-2H3,(H2,13,14)(H,15,16). The molecule has 7 nitrogen and oxygen atoms in total. The Balaban J connectivity index is 1.81. The third kappa shape index (κ3) is 2.68. The van der Waals surface area contributed by atoms with E-state index in [1.807, 2.05) is 0 Å². The van der Waals surface area contributed by atoms with Gasteiger partial charge < -0.3 is 5.73 Å². The number of nitrogens with zero attached hydrogens (tertiary/aromatic N) is 2. The molecule has 1 unspecified atom stereocenters. The Hall–Kier alpha value is -1.45. The van der Waals surface area contributed by atoms with E-state index in [2.05, 4.69) is 19.9 Å². The van der Waals surface area contributed by atoms with Crippen molar-refractivity contribution in [1.29, 1.82) is 0 Å². The number of anilines is 1. The van der Waals surface area contributed by atoms with E-state index >= 15 is 0 Å². The van der Waals surface area contributed by atoms with Crippen molar-refractivity contribution in [3.63, 3.8) is 0 Å². The first-order valence-electron chi connectivity index (χ1n) is 6.65. The van der Waals surface area contributed by atoms with E-state index in [0.29, 0.717) is 22.9 Å². The number of hydrogen-bond donors (Lipinski definition) is 3. The third-order valence-electron chi connectivity index (χ3n) is 3.61. The third-order valence-corrected chi connectivity index (χ3v) is 6.34. The van der Waals surface area contributed by atoms with Gasteiger partial charge in [-0.3, -0.25) is 5.10 Å². The topological polar surface area (TPSA) is 114 Å². The first-order chi connectivity index (χ1) is 9.87. The largest absolute Gasteiger partial charge is 0.375 e. The zero-order valence-corrected chi connectivity index (χ0v) is 13.4. The lowest BCUT2D eigenvalue weighted by Crippen LogP contribution is -2.38. The first kappa shape index (κ1) is 14.5. The maximum absolute atomic E-state index is 12.5. The molecule has 0 saturated heterocycles. The molecule has 0 spiro atoms. The summed E-state index contributed by atoms with van der Waals surface area (Å²) in [6.45, 7) is 3.39. The van der Waals surface area contributed by atoms with Gasteiger partial charge in [0.2, 0.25) is 10.0 Å². The Morgan fingerprint density at radius 3 is 2.86 bits per heavy atom. The number of nitrogen functional groups attached to an aromatic ring is 1. The summed E-state index contributed by atoms with van der Waals surface area (Å²) in [5.41, 5.74) is 7.75. The second-order valence-electron chi connectivity index (χ2n) is 5.25. The lowest BCUT2D eigenvalue weighted by atomic mass is 9.99. The molecule has 0 aromatic carbocycles. The van der Waals surface area contributed by atoms with E-state index in [1.165, 1.54) is 11.3 Å². The molecule has 0 bridgehead atoms. The van der Waals surface area contributed by atoms with Crippen molar-refractivity contribution in [2.75, 3.05) is 5.73 Å². The lowest BCUT2D eigenvalue weighted by molar-refractivity contribution is 0.507. The molecule has 1 atom stereocenters. The normalized spacial score (nSPS) is 18.7. The van der Waals surface area contributed by atoms with Crippen molar-refractivity contribution < 1.29 is 8.42 Å². The predicted octanol–water partition coefficient (Wildman–Crippen LogP) is 0.901. The molecule has 0 aliphatic heterocycles. The van der Waals surface area contributed by atoms with E-state index in [9.17, 15) is 8.42 Å². The summed E-state index contributed by atoms with van der Waals surface area (Å²) in [7, 11) is -3.56. The highest BCUT2D eigenvalue weighted by atomic mass is 32.2. The number of aromatic nitrogens is 3. The van der Waals surface area contributed by atoms with Gasteiger partial charge in [-0.15, -0.1) is 11.3 Å². The van der Waals surface area contributed by atoms with E-state index in [0.717, 1.165) is 23.4 Å². The minimum absolute atomic E-state index is 0.129. The molecule has 2 aromatic rings. The van der Waals surface area contributed by atoms with Crippen molar-refractivity contribution in [1.82, 2.24) is 19.9 Å². The molecule has 114 valence electrons. The number of H-pyrrole nitrogens is 1. The molecule has 2 aromatic heterocycles. The van der Waals surface area contributed by atoms with Gasteiger partial charge in [-0.1, -0.05) is 0 Å². The van der Waals surface area contributed by atoms with Crippen LogP contribution in [-0.2, 0) is 22.9 Å². The number of hydrogen-bond acceptors (Lipinski definition) is 6. The van der Waals surface area contributed by atoms with E-state index in [-0.39, 0.29) is 10.9 Å². The van der Waals surface area contributed by atoms with Crippen LogP contribution in [0, 0.1) is 13.8 Å². The van der Waals surface area contributed by atoms with Gasteiger partial charge in [0.1, 0.15) is 4.90 Å². The van der Waals surface area contributed by atoms with Crippen LogP contribution in [0.25, 0.3) is 0 Å². The summed E-state index contributed by atoms with van der Waals surface area (Å²) in [6, 6.07) is -0.129. The number of nitrogens with two attached hydrogens (primary N) is 1. The number of nitrogens with one attached hydrogen (secondary N) is 2. The average molecular weight is 327 g/mol. The van der Waals surface area contributed by atoms with Crippen LogP contribution in [0.4, 0.5) is 5.13 Å². The molecule has 0 saturated carbocycles. The minimum Gasteiger partial charge on any atom is -0.375 e. The van der Waals surface area contributed by atoms with Gasteiger partial charge in [0, 0.05) is 17.3 Å². The zero-order chi connectivity index (χ0) is 15.2. The number of rotatable bonds is 3. The summed E-state index contributed by atoms with van der Waals surface area (Å²) in [5, 5.41) is 7.20. The van der Waals surface area contributed by atoms with Gasteiger partial charge in [0.05, 0.1) is 17.1 Å². The van der Waals surface area contributed by atoms with Crippen molar-refractivity contribution in [2.24, 2.45) is 0 Å². The fraction of sp³-hybridized carbons (Fsp3) is 0.500. The maximum atomic E-state index is 12.5. The van der Waals surface area contributed by atoms with Gasteiger partial charge in [-0.25, -0.2) is 18.1 Å². The molecule has 0 fully saturated rings. The van der Waals surface area contributed by atoms with E-state index in [4.69, 9.17) is 5.73 Å². The minimum atomic E-state index is -3.56. The Kier molecular flexibility index (Phi) is 3.50. The molecule has 3 rings (SSSR count). The highest BCUT2D eigenvalue weighted by Gasteiger charge is 2.29. The van der Waals surface area contributed by atoms with Gasteiger partial charge >= 0.3 is 0 Å². The Labute approximate surface area is 127 Å². The monoisotopic (exact) mass is 327 g/mol. The summed E-state index contributed by atoms with van der Waals surface area (Å²) in [5.74, 6) is 0. The van der Waals surface area contributed by atoms with E-state index < -0.39 is 10.0 Å². The van der Waals surface area contributed by atoms with Crippen LogP contribution < -0.4 is 10.5 Å². The smallest absolute Gasteiger partial charge is 0.244 e. The first-order valence-corrected chi connectivity index (χ1v) is 8.94. The van der Waals surface area contributed by atoms with Crippen LogP contribution in [0.3, 0.4) is 0 Å². The van der Waals surface area contributed by atoms with Crippen LogP contribution in [0.2, 0.25) is 0 Å². The highest BCUT2D eigenvalue weighted by molar-refractivity contribution is 7.89. The number of aryl methyl sites for hydroxylation is 3. The van der Waals surface area contributed by atoms with Crippen molar-refractivity contribution in [3.8, 4) is 0 Å². The van der Waals surface area contributed by atoms with Crippen LogP contribution in [-0.4, -0.2) is 29.6 Å². The second kappa shape index (κ2) is 5.08. The van der Waals surface area contributed by atoms with Gasteiger partial charge in [-0.05, 0) is 26.7 Å². The quantitative estimate of drug-likeness (QED) is 0.775. The number of sulfonamides is 1. The molecule has 9 heteroatoms. The van der Waals surface area contributed by atoms with Gasteiger partial charge in [0.15, 0.2) is 5.13 Å². The van der Waals surface area contributed by atoms with Gasteiger partial charge in [-0.2, -0.15) is 5.10 Å². The molecule has 4 N–H and O–H groups in total. The molecule has 21 heavy (non-hydrogen) atoms. The highest BCUT2D eigenvalue weighted by Crippen LogP contribution is 2.29. The van der Waals surface area contributed by atoms with Crippen LogP contribution in [0.15, 0.2) is 4.90 Å². The summed E-state index contributed by atoms with van der Waals surface area (Å²) < 4.78 is 27.8. The van der Waals surface area contributed by atoms with Crippen LogP contribution >= 0.6 is 11.3 Å². The second-order valence-corrected chi connectivity index (χ2v) is 8.01. The Morgan fingerprint density at radius 1 is 1.43 bits per heavy atom. The van der Waals surface area contributed by atoms with Crippen LogP contribution in [0.1, 0.15) is 28.4 Å². The maximum Gasteiger partial charge on any atom is 0.244 e. The number of fused-ring (bicyclic) bond motifs is 1. The van der Waals surface area contributed by atoms with Crippen molar-refractivity contribution in [2.45, 2.75) is 44.0 Å². The zero-order valence-electron chi connectivity index (χ0n) is 11.8. The summed E-state index contributed by atoms with van der Waals surface area (Å²) in [4.78, 5) is 5.59. The Bertz CT molecular complexity index is 758. The Morgan fingerprint density at radius 2 is 2.19 bits per heavy atom. The molecule has 0 radical (unpaired) electrons. The van der Waals surface area contributed by atoms with Crippen molar-refractivity contribution >= 4 is 26.5 Å².